The zero-order valence-corrected chi connectivity index (χ0v) is 20.6. The van der Waals surface area contributed by atoms with Gasteiger partial charge in [-0.1, -0.05) is 24.3 Å². The highest BCUT2D eigenvalue weighted by Crippen LogP contribution is 2.35. The fourth-order valence-electron chi connectivity index (χ4n) is 3.82. The van der Waals surface area contributed by atoms with Gasteiger partial charge < -0.3 is 14.8 Å². The zero-order valence-electron chi connectivity index (χ0n) is 19.8. The normalized spacial score (nSPS) is 11.3. The summed E-state index contributed by atoms with van der Waals surface area (Å²) in [6.45, 7) is 5.43. The number of thiophene rings is 1. The smallest absolute Gasteiger partial charge is 0.252 e. The number of ether oxygens (including phenoxy) is 2. The zero-order chi connectivity index (χ0) is 24.5. The predicted molar refractivity (Wildman–Crippen MR) is 135 cm³/mol. The Hall–Kier alpha value is -3.71. The van der Waals surface area contributed by atoms with Gasteiger partial charge in [0.1, 0.15) is 5.69 Å². The van der Waals surface area contributed by atoms with Gasteiger partial charge in [-0.05, 0) is 56.7 Å². The van der Waals surface area contributed by atoms with E-state index in [1.54, 1.807) is 49.4 Å². The van der Waals surface area contributed by atoms with Crippen molar-refractivity contribution in [3.63, 3.8) is 0 Å². The van der Waals surface area contributed by atoms with E-state index in [0.29, 0.717) is 22.8 Å². The minimum atomic E-state index is -1.18. The summed E-state index contributed by atoms with van der Waals surface area (Å²) in [5, 5.41) is 6.01. The molecule has 34 heavy (non-hydrogen) atoms. The molecule has 0 saturated heterocycles. The number of fused-ring (bicyclic) bond motifs is 1. The highest BCUT2D eigenvalue weighted by atomic mass is 32.1. The van der Waals surface area contributed by atoms with Crippen LogP contribution in [0, 0.1) is 6.92 Å². The Morgan fingerprint density at radius 2 is 1.71 bits per heavy atom. The summed E-state index contributed by atoms with van der Waals surface area (Å²) in [6.07, 6.45) is 0. The van der Waals surface area contributed by atoms with Crippen LogP contribution in [0.2, 0.25) is 0 Å². The van der Waals surface area contributed by atoms with Gasteiger partial charge in [-0.15, -0.1) is 11.3 Å². The SMILES string of the molecule is COc1ccc(C(=O)NC(C)(C)C(=O)c2cccc(-c3csc4c(C)cccc34)n2)cc1OC. The van der Waals surface area contributed by atoms with Gasteiger partial charge in [-0.2, -0.15) is 0 Å². The second kappa shape index (κ2) is 9.27. The van der Waals surface area contributed by atoms with Gasteiger partial charge in [0.15, 0.2) is 11.5 Å². The fourth-order valence-corrected chi connectivity index (χ4v) is 4.86. The molecule has 6 nitrogen and oxygen atoms in total. The topological polar surface area (TPSA) is 77.5 Å². The van der Waals surface area contributed by atoms with Crippen LogP contribution in [-0.2, 0) is 0 Å². The molecule has 1 N–H and O–H groups in total. The molecule has 2 heterocycles. The second-order valence-corrected chi connectivity index (χ2v) is 9.37. The first-order valence-electron chi connectivity index (χ1n) is 10.8. The molecule has 0 spiro atoms. The van der Waals surface area contributed by atoms with E-state index in [4.69, 9.17) is 9.47 Å². The Balaban J connectivity index is 1.60. The maximum absolute atomic E-state index is 13.4. The van der Waals surface area contributed by atoms with Crippen molar-refractivity contribution in [1.29, 1.82) is 0 Å². The molecule has 2 aromatic carbocycles. The monoisotopic (exact) mass is 474 g/mol. The van der Waals surface area contributed by atoms with Gasteiger partial charge in [0.2, 0.25) is 5.78 Å². The lowest BCUT2D eigenvalue weighted by molar-refractivity contribution is 0.0795. The standard InChI is InChI=1S/C27H26N2O4S/c1-16-8-6-9-18-19(15-34-24(16)18)20-10-7-11-21(28-20)25(30)27(2,3)29-26(31)17-12-13-22(32-4)23(14-17)33-5/h6-15H,1-5H3,(H,29,31). The van der Waals surface area contributed by atoms with Crippen molar-refractivity contribution in [3.8, 4) is 22.8 Å². The summed E-state index contributed by atoms with van der Waals surface area (Å²) in [5.41, 5.74) is 2.40. The number of nitrogens with one attached hydrogen (secondary N) is 1. The Kier molecular flexibility index (Phi) is 6.39. The summed E-state index contributed by atoms with van der Waals surface area (Å²) >= 11 is 1.67. The van der Waals surface area contributed by atoms with E-state index in [2.05, 4.69) is 34.7 Å². The molecule has 0 aliphatic heterocycles. The number of hydrogen-bond acceptors (Lipinski definition) is 6. The number of Topliss-reactive ketones (excluding diaryl/α,β-unsaturated/α-hetero) is 1. The maximum atomic E-state index is 13.4. The number of carbonyl (C=O) groups excluding carboxylic acids is 2. The van der Waals surface area contributed by atoms with Crippen LogP contribution in [0.1, 0.15) is 40.3 Å². The molecule has 0 saturated carbocycles. The maximum Gasteiger partial charge on any atom is 0.252 e. The molecule has 0 radical (unpaired) electrons. The van der Waals surface area contributed by atoms with Crippen molar-refractivity contribution >= 4 is 33.1 Å². The van der Waals surface area contributed by atoms with Gasteiger partial charge in [0, 0.05) is 26.6 Å². The van der Waals surface area contributed by atoms with E-state index in [1.165, 1.54) is 24.5 Å². The van der Waals surface area contributed by atoms with Crippen LogP contribution in [0.5, 0.6) is 11.5 Å². The second-order valence-electron chi connectivity index (χ2n) is 8.49. The minimum absolute atomic E-state index is 0.279. The number of benzene rings is 2. The van der Waals surface area contributed by atoms with E-state index in [-0.39, 0.29) is 5.78 Å². The summed E-state index contributed by atoms with van der Waals surface area (Å²) in [5.74, 6) is 0.284. The van der Waals surface area contributed by atoms with Gasteiger partial charge in [-0.3, -0.25) is 9.59 Å². The number of amides is 1. The largest absolute Gasteiger partial charge is 0.493 e. The highest BCUT2D eigenvalue weighted by Gasteiger charge is 2.32. The van der Waals surface area contributed by atoms with Gasteiger partial charge in [0.05, 0.1) is 25.5 Å². The average Bonchev–Trinajstić information content (AvgIpc) is 3.28. The van der Waals surface area contributed by atoms with Crippen molar-refractivity contribution in [2.24, 2.45) is 0 Å². The third kappa shape index (κ3) is 4.39. The summed E-state index contributed by atoms with van der Waals surface area (Å²) in [7, 11) is 3.03. The molecule has 4 rings (SSSR count). The average molecular weight is 475 g/mol. The third-order valence-corrected chi connectivity index (χ3v) is 6.82. The number of methoxy groups -OCH3 is 2. The Labute approximate surface area is 202 Å². The lowest BCUT2D eigenvalue weighted by Gasteiger charge is -2.25. The number of aromatic nitrogens is 1. The van der Waals surface area contributed by atoms with Crippen LogP contribution in [0.4, 0.5) is 0 Å². The van der Waals surface area contributed by atoms with Crippen LogP contribution in [-0.4, -0.2) is 36.4 Å². The molecule has 0 fully saturated rings. The van der Waals surface area contributed by atoms with Crippen molar-refractivity contribution in [3.05, 3.63) is 76.8 Å². The van der Waals surface area contributed by atoms with E-state index in [1.807, 2.05) is 18.2 Å². The number of carbonyl (C=O) groups is 2. The summed E-state index contributed by atoms with van der Waals surface area (Å²) in [4.78, 5) is 31.0. The number of hydrogen-bond donors (Lipinski definition) is 1. The first-order chi connectivity index (χ1) is 16.2. The van der Waals surface area contributed by atoms with Crippen LogP contribution in [0.25, 0.3) is 21.3 Å². The minimum Gasteiger partial charge on any atom is -0.493 e. The molecule has 7 heteroatoms. The molecule has 0 atom stereocenters. The van der Waals surface area contributed by atoms with E-state index >= 15 is 0 Å². The number of ketones is 1. The molecule has 174 valence electrons. The fraction of sp³-hybridized carbons (Fsp3) is 0.222. The number of aryl methyl sites for hydroxylation is 1. The Morgan fingerprint density at radius 1 is 0.971 bits per heavy atom. The van der Waals surface area contributed by atoms with Crippen LogP contribution >= 0.6 is 11.3 Å². The van der Waals surface area contributed by atoms with Crippen molar-refractivity contribution in [2.45, 2.75) is 26.3 Å². The van der Waals surface area contributed by atoms with E-state index < -0.39 is 11.4 Å². The van der Waals surface area contributed by atoms with Gasteiger partial charge in [0.25, 0.3) is 5.91 Å². The predicted octanol–water partition coefficient (Wildman–Crippen LogP) is 5.68. The van der Waals surface area contributed by atoms with Crippen LogP contribution in [0.15, 0.2) is 60.0 Å². The third-order valence-electron chi connectivity index (χ3n) is 5.69. The quantitative estimate of drug-likeness (QED) is 0.349. The molecule has 1 amide bonds. The molecule has 0 bridgehead atoms. The molecular formula is C27H26N2O4S. The molecule has 0 aliphatic rings. The molecule has 0 aliphatic carbocycles. The lowest BCUT2D eigenvalue weighted by Crippen LogP contribution is -2.50. The molecular weight excluding hydrogens is 448 g/mol. The highest BCUT2D eigenvalue weighted by molar-refractivity contribution is 7.18. The van der Waals surface area contributed by atoms with Crippen molar-refractivity contribution in [2.75, 3.05) is 14.2 Å². The summed E-state index contributed by atoms with van der Waals surface area (Å²) < 4.78 is 11.7. The number of nitrogens with zero attached hydrogens (tertiary/aromatic N) is 1. The summed E-state index contributed by atoms with van der Waals surface area (Å²) in [6, 6.07) is 16.4. The first-order valence-corrected chi connectivity index (χ1v) is 11.7. The Morgan fingerprint density at radius 3 is 2.44 bits per heavy atom. The van der Waals surface area contributed by atoms with E-state index in [0.717, 1.165) is 16.6 Å². The van der Waals surface area contributed by atoms with E-state index in [9.17, 15) is 9.59 Å². The van der Waals surface area contributed by atoms with Crippen LogP contribution < -0.4 is 14.8 Å². The molecule has 4 aromatic rings. The van der Waals surface area contributed by atoms with Gasteiger partial charge in [-0.25, -0.2) is 4.98 Å². The number of pyridine rings is 1. The van der Waals surface area contributed by atoms with Crippen molar-refractivity contribution < 1.29 is 19.1 Å². The number of rotatable bonds is 7. The Bertz CT molecular complexity index is 1390. The first kappa shape index (κ1) is 23.4. The van der Waals surface area contributed by atoms with Gasteiger partial charge >= 0.3 is 0 Å². The van der Waals surface area contributed by atoms with Crippen LogP contribution in [0.3, 0.4) is 0 Å². The molecule has 0 unspecified atom stereocenters. The lowest BCUT2D eigenvalue weighted by atomic mass is 9.95. The van der Waals surface area contributed by atoms with Crippen molar-refractivity contribution in [1.82, 2.24) is 10.3 Å². The molecule has 2 aromatic heterocycles.